The largest absolute Gasteiger partial charge is 0.494 e. The third-order valence-corrected chi connectivity index (χ3v) is 5.12. The van der Waals surface area contributed by atoms with Gasteiger partial charge >= 0.3 is 0 Å². The van der Waals surface area contributed by atoms with E-state index < -0.39 is 0 Å². The number of amides is 1. The van der Waals surface area contributed by atoms with Gasteiger partial charge in [0.05, 0.1) is 29.5 Å². The Morgan fingerprint density at radius 1 is 1.06 bits per heavy atom. The van der Waals surface area contributed by atoms with E-state index in [-0.39, 0.29) is 24.4 Å². The molecule has 1 N–H and O–H groups in total. The van der Waals surface area contributed by atoms with Crippen molar-refractivity contribution in [1.29, 1.82) is 0 Å². The normalized spacial score (nSPS) is 10.7. The molecule has 8 heteroatoms. The monoisotopic (exact) mass is 463 g/mol. The summed E-state index contributed by atoms with van der Waals surface area (Å²) in [6, 6.07) is 19.3. The average molecular weight is 464 g/mol. The van der Waals surface area contributed by atoms with Crippen molar-refractivity contribution in [3.05, 3.63) is 88.4 Å². The first-order valence-electron chi connectivity index (χ1n) is 10.5. The molecule has 1 amide bonds. The summed E-state index contributed by atoms with van der Waals surface area (Å²) in [6.07, 6.45) is 1.53. The average Bonchev–Trinajstić information content (AvgIpc) is 2.82. The van der Waals surface area contributed by atoms with Crippen molar-refractivity contribution >= 4 is 34.1 Å². The molecule has 33 heavy (non-hydrogen) atoms. The SMILES string of the molecule is CCOc1ccc(Oc2ccc(Cl)cc2NC(=O)CCn2cnc3ccccc3c2=O)cc1. The molecule has 0 saturated heterocycles. The van der Waals surface area contributed by atoms with Gasteiger partial charge < -0.3 is 14.8 Å². The molecule has 0 saturated carbocycles. The molecule has 0 radical (unpaired) electrons. The van der Waals surface area contributed by atoms with Crippen LogP contribution in [-0.4, -0.2) is 22.1 Å². The van der Waals surface area contributed by atoms with E-state index in [1.807, 2.05) is 25.1 Å². The number of carbonyl (C=O) groups is 1. The predicted molar refractivity (Wildman–Crippen MR) is 128 cm³/mol. The molecule has 7 nitrogen and oxygen atoms in total. The van der Waals surface area contributed by atoms with Crippen LogP contribution < -0.4 is 20.3 Å². The first kappa shape index (κ1) is 22.4. The number of rotatable bonds is 8. The highest BCUT2D eigenvalue weighted by Crippen LogP contribution is 2.33. The third kappa shape index (κ3) is 5.51. The summed E-state index contributed by atoms with van der Waals surface area (Å²) in [6.45, 7) is 2.69. The number of para-hydroxylation sites is 1. The summed E-state index contributed by atoms with van der Waals surface area (Å²) in [7, 11) is 0. The summed E-state index contributed by atoms with van der Waals surface area (Å²) in [5.74, 6) is 1.49. The molecule has 0 aliphatic rings. The lowest BCUT2D eigenvalue weighted by atomic mass is 10.2. The highest BCUT2D eigenvalue weighted by Gasteiger charge is 2.12. The van der Waals surface area contributed by atoms with Gasteiger partial charge in [-0.05, 0) is 61.5 Å². The minimum Gasteiger partial charge on any atom is -0.494 e. The van der Waals surface area contributed by atoms with Crippen LogP contribution in [0.5, 0.6) is 17.2 Å². The van der Waals surface area contributed by atoms with Gasteiger partial charge in [0, 0.05) is 18.0 Å². The van der Waals surface area contributed by atoms with Crippen LogP contribution in [-0.2, 0) is 11.3 Å². The number of benzene rings is 3. The molecule has 4 rings (SSSR count). The number of nitrogens with zero attached hydrogens (tertiary/aromatic N) is 2. The maximum atomic E-state index is 12.6. The van der Waals surface area contributed by atoms with E-state index in [4.69, 9.17) is 21.1 Å². The Bertz CT molecular complexity index is 1340. The summed E-state index contributed by atoms with van der Waals surface area (Å²) in [5, 5.41) is 3.79. The van der Waals surface area contributed by atoms with Crippen LogP contribution in [0.25, 0.3) is 10.9 Å². The van der Waals surface area contributed by atoms with E-state index in [2.05, 4.69) is 10.3 Å². The van der Waals surface area contributed by atoms with Gasteiger partial charge in [0.2, 0.25) is 5.91 Å². The molecule has 0 bridgehead atoms. The van der Waals surface area contributed by atoms with Gasteiger partial charge in [-0.3, -0.25) is 14.2 Å². The fraction of sp³-hybridized carbons (Fsp3) is 0.160. The minimum absolute atomic E-state index is 0.0783. The Hall–Kier alpha value is -3.84. The van der Waals surface area contributed by atoms with Crippen LogP contribution in [0.1, 0.15) is 13.3 Å². The molecule has 0 atom stereocenters. The van der Waals surface area contributed by atoms with Crippen LogP contribution in [0.2, 0.25) is 5.02 Å². The van der Waals surface area contributed by atoms with Crippen molar-refractivity contribution in [2.45, 2.75) is 19.9 Å². The van der Waals surface area contributed by atoms with E-state index in [1.165, 1.54) is 10.9 Å². The lowest BCUT2D eigenvalue weighted by Gasteiger charge is -2.13. The quantitative estimate of drug-likeness (QED) is 0.385. The minimum atomic E-state index is -0.283. The maximum absolute atomic E-state index is 12.6. The van der Waals surface area contributed by atoms with Crippen LogP contribution in [0.3, 0.4) is 0 Å². The molecule has 3 aromatic carbocycles. The number of halogens is 1. The predicted octanol–water partition coefficient (Wildman–Crippen LogP) is 5.27. The zero-order valence-electron chi connectivity index (χ0n) is 18.0. The Morgan fingerprint density at radius 3 is 2.61 bits per heavy atom. The van der Waals surface area contributed by atoms with Gasteiger partial charge in [0.25, 0.3) is 5.56 Å². The Labute approximate surface area is 195 Å². The molecule has 168 valence electrons. The van der Waals surface area contributed by atoms with E-state index in [0.717, 1.165) is 5.75 Å². The number of nitrogens with one attached hydrogen (secondary N) is 1. The lowest BCUT2D eigenvalue weighted by molar-refractivity contribution is -0.116. The number of aromatic nitrogens is 2. The molecular formula is C25H22ClN3O4. The highest BCUT2D eigenvalue weighted by molar-refractivity contribution is 6.31. The Balaban J connectivity index is 1.45. The number of ether oxygens (including phenoxy) is 2. The number of anilines is 1. The highest BCUT2D eigenvalue weighted by atomic mass is 35.5. The van der Waals surface area contributed by atoms with Gasteiger partial charge in [-0.25, -0.2) is 4.98 Å². The van der Waals surface area contributed by atoms with Crippen molar-refractivity contribution in [3.63, 3.8) is 0 Å². The smallest absolute Gasteiger partial charge is 0.261 e. The summed E-state index contributed by atoms with van der Waals surface area (Å²) in [4.78, 5) is 29.5. The molecule has 0 fully saturated rings. The third-order valence-electron chi connectivity index (χ3n) is 4.89. The first-order chi connectivity index (χ1) is 16.0. The molecule has 0 spiro atoms. The summed E-state index contributed by atoms with van der Waals surface area (Å²) < 4.78 is 12.8. The Kier molecular flexibility index (Phi) is 6.90. The lowest BCUT2D eigenvalue weighted by Crippen LogP contribution is -2.23. The second-order valence-corrected chi connectivity index (χ2v) is 7.64. The summed E-state index contributed by atoms with van der Waals surface area (Å²) >= 11 is 6.13. The van der Waals surface area contributed by atoms with E-state index in [0.29, 0.717) is 39.7 Å². The maximum Gasteiger partial charge on any atom is 0.261 e. The van der Waals surface area contributed by atoms with E-state index in [9.17, 15) is 9.59 Å². The zero-order valence-corrected chi connectivity index (χ0v) is 18.7. The number of hydrogen-bond donors (Lipinski definition) is 1. The fourth-order valence-corrected chi connectivity index (χ4v) is 3.46. The van der Waals surface area contributed by atoms with Crippen molar-refractivity contribution in [1.82, 2.24) is 9.55 Å². The molecule has 0 aliphatic heterocycles. The van der Waals surface area contributed by atoms with Crippen molar-refractivity contribution in [3.8, 4) is 17.2 Å². The standard InChI is InChI=1S/C25H22ClN3O4/c1-2-32-18-8-10-19(11-9-18)33-23-12-7-17(26)15-22(23)28-24(30)13-14-29-16-27-21-6-4-3-5-20(21)25(29)31/h3-12,15-16H,2,13-14H2,1H3,(H,28,30). The van der Waals surface area contributed by atoms with Gasteiger partial charge in [-0.1, -0.05) is 23.7 Å². The molecule has 1 heterocycles. The molecule has 4 aromatic rings. The number of carbonyl (C=O) groups excluding carboxylic acids is 1. The molecule has 0 aliphatic carbocycles. The molecular weight excluding hydrogens is 442 g/mol. The Morgan fingerprint density at radius 2 is 1.82 bits per heavy atom. The van der Waals surface area contributed by atoms with Gasteiger partial charge in [-0.2, -0.15) is 0 Å². The van der Waals surface area contributed by atoms with Crippen molar-refractivity contribution < 1.29 is 14.3 Å². The van der Waals surface area contributed by atoms with Gasteiger partial charge in [0.15, 0.2) is 5.75 Å². The van der Waals surface area contributed by atoms with E-state index >= 15 is 0 Å². The fourth-order valence-electron chi connectivity index (χ4n) is 3.29. The van der Waals surface area contributed by atoms with Crippen LogP contribution >= 0.6 is 11.6 Å². The molecule has 1 aromatic heterocycles. The van der Waals surface area contributed by atoms with Gasteiger partial charge in [0.1, 0.15) is 11.5 Å². The van der Waals surface area contributed by atoms with Crippen LogP contribution in [0, 0.1) is 0 Å². The van der Waals surface area contributed by atoms with Gasteiger partial charge in [-0.15, -0.1) is 0 Å². The number of fused-ring (bicyclic) bond motifs is 1. The second kappa shape index (κ2) is 10.2. The van der Waals surface area contributed by atoms with Crippen LogP contribution in [0.4, 0.5) is 5.69 Å². The summed E-state index contributed by atoms with van der Waals surface area (Å²) in [5.41, 5.74) is 0.874. The number of hydrogen-bond acceptors (Lipinski definition) is 5. The second-order valence-electron chi connectivity index (χ2n) is 7.21. The van der Waals surface area contributed by atoms with E-state index in [1.54, 1.807) is 48.5 Å². The van der Waals surface area contributed by atoms with Crippen molar-refractivity contribution in [2.24, 2.45) is 0 Å². The topological polar surface area (TPSA) is 82.4 Å². The van der Waals surface area contributed by atoms with Crippen LogP contribution in [0.15, 0.2) is 77.9 Å². The number of aryl methyl sites for hydroxylation is 1. The van der Waals surface area contributed by atoms with Crippen molar-refractivity contribution in [2.75, 3.05) is 11.9 Å². The first-order valence-corrected chi connectivity index (χ1v) is 10.9. The zero-order chi connectivity index (χ0) is 23.2. The molecule has 0 unspecified atom stereocenters.